The molecule has 0 unspecified atom stereocenters. The van der Waals surface area contributed by atoms with E-state index in [4.69, 9.17) is 0 Å². The van der Waals surface area contributed by atoms with E-state index in [1.807, 2.05) is 42.1 Å². The largest absolute Gasteiger partial charge is 0.260 e. The smallest absolute Gasteiger partial charge is 0.243 e. The third-order valence-electron chi connectivity index (χ3n) is 4.51. The highest BCUT2D eigenvalue weighted by Gasteiger charge is 2.33. The Kier molecular flexibility index (Phi) is 5.81. The predicted molar refractivity (Wildman–Crippen MR) is 103 cm³/mol. The van der Waals surface area contributed by atoms with Crippen LogP contribution in [0.4, 0.5) is 0 Å². The number of nitrogens with zero attached hydrogens (tertiary/aromatic N) is 2. The number of sulfonamides is 1. The lowest BCUT2D eigenvalue weighted by Gasteiger charge is -2.27. The van der Waals surface area contributed by atoms with E-state index in [0.29, 0.717) is 17.4 Å². The number of aromatic nitrogens is 1. The third-order valence-corrected chi connectivity index (χ3v) is 7.57. The lowest BCUT2D eigenvalue weighted by molar-refractivity contribution is 0.331. The van der Waals surface area contributed by atoms with Crippen molar-refractivity contribution in [1.29, 1.82) is 0 Å². The molecule has 1 saturated heterocycles. The Morgan fingerprint density at radius 2 is 1.96 bits per heavy atom. The van der Waals surface area contributed by atoms with Gasteiger partial charge in [-0.25, -0.2) is 8.42 Å². The number of hydrogen-bond donors (Lipinski definition) is 0. The Balaban J connectivity index is 1.92. The van der Waals surface area contributed by atoms with Crippen molar-refractivity contribution in [3.8, 4) is 0 Å². The van der Waals surface area contributed by atoms with Crippen molar-refractivity contribution < 1.29 is 8.42 Å². The minimum absolute atomic E-state index is 0.0294. The minimum Gasteiger partial charge on any atom is -0.260 e. The van der Waals surface area contributed by atoms with Crippen LogP contribution in [0.15, 0.2) is 53.6 Å². The maximum Gasteiger partial charge on any atom is 0.243 e. The first-order chi connectivity index (χ1) is 12.0. The Morgan fingerprint density at radius 3 is 2.52 bits per heavy atom. The molecule has 1 fully saturated rings. The second kappa shape index (κ2) is 7.89. The fraction of sp³-hybridized carbons (Fsp3) is 0.421. The van der Waals surface area contributed by atoms with Crippen LogP contribution >= 0.6 is 11.8 Å². The van der Waals surface area contributed by atoms with Gasteiger partial charge in [-0.15, -0.1) is 0 Å². The fourth-order valence-corrected chi connectivity index (χ4v) is 5.91. The van der Waals surface area contributed by atoms with E-state index in [0.717, 1.165) is 29.2 Å². The molecule has 0 aliphatic carbocycles. The Bertz CT molecular complexity index is 784. The summed E-state index contributed by atoms with van der Waals surface area (Å²) in [5.41, 5.74) is 1.92. The van der Waals surface area contributed by atoms with Gasteiger partial charge in [-0.1, -0.05) is 32.0 Å². The molecular formula is C19H24N2O2S2. The number of benzene rings is 1. The molecule has 2 aromatic rings. The van der Waals surface area contributed by atoms with Crippen molar-refractivity contribution in [3.63, 3.8) is 0 Å². The average Bonchev–Trinajstić information content (AvgIpc) is 3.14. The summed E-state index contributed by atoms with van der Waals surface area (Å²) >= 11 is 1.81. The highest BCUT2D eigenvalue weighted by atomic mass is 32.2. The monoisotopic (exact) mass is 376 g/mol. The van der Waals surface area contributed by atoms with Crippen LogP contribution in [0, 0.1) is 0 Å². The molecule has 1 atom stereocenters. The first-order valence-corrected chi connectivity index (χ1v) is 11.2. The summed E-state index contributed by atoms with van der Waals surface area (Å²) in [6, 6.07) is 13.0. The van der Waals surface area contributed by atoms with Crippen LogP contribution in [0.3, 0.4) is 0 Å². The van der Waals surface area contributed by atoms with Crippen molar-refractivity contribution in [2.45, 2.75) is 43.7 Å². The second-order valence-corrected chi connectivity index (χ2v) is 9.65. The van der Waals surface area contributed by atoms with E-state index >= 15 is 0 Å². The standard InChI is InChI=1S/C19H24N2O2S2/c1-15(2)16-6-8-19(9-7-16)25(22,23)21(18-10-12-24-14-18)13-17-5-3-4-11-20-17/h3-9,11,15,18H,10,12-14H2,1-2H3/t18-/m1/s1. The number of thioether (sulfide) groups is 1. The van der Waals surface area contributed by atoms with E-state index in [2.05, 4.69) is 18.8 Å². The number of rotatable bonds is 6. The minimum atomic E-state index is -3.55. The van der Waals surface area contributed by atoms with Gasteiger partial charge in [-0.2, -0.15) is 16.1 Å². The van der Waals surface area contributed by atoms with Crippen LogP contribution in [-0.4, -0.2) is 35.3 Å². The van der Waals surface area contributed by atoms with Crippen LogP contribution in [0.1, 0.15) is 37.4 Å². The van der Waals surface area contributed by atoms with E-state index in [1.54, 1.807) is 22.6 Å². The normalized spacial score (nSPS) is 18.2. The molecule has 6 heteroatoms. The van der Waals surface area contributed by atoms with Crippen molar-refractivity contribution >= 4 is 21.8 Å². The van der Waals surface area contributed by atoms with Crippen molar-refractivity contribution in [3.05, 3.63) is 59.9 Å². The van der Waals surface area contributed by atoms with Gasteiger partial charge in [0.15, 0.2) is 0 Å². The average molecular weight is 377 g/mol. The van der Waals surface area contributed by atoms with Gasteiger partial charge in [0.2, 0.25) is 10.0 Å². The van der Waals surface area contributed by atoms with Gasteiger partial charge in [0.05, 0.1) is 17.1 Å². The summed E-state index contributed by atoms with van der Waals surface area (Å²) in [4.78, 5) is 4.69. The molecule has 134 valence electrons. The van der Waals surface area contributed by atoms with E-state index in [-0.39, 0.29) is 6.04 Å². The first kappa shape index (κ1) is 18.4. The summed E-state index contributed by atoms with van der Waals surface area (Å²) in [7, 11) is -3.55. The highest BCUT2D eigenvalue weighted by molar-refractivity contribution is 7.99. The maximum absolute atomic E-state index is 13.3. The summed E-state index contributed by atoms with van der Waals surface area (Å²) in [5.74, 6) is 2.23. The second-order valence-electron chi connectivity index (χ2n) is 6.61. The van der Waals surface area contributed by atoms with E-state index in [1.165, 1.54) is 0 Å². The zero-order valence-electron chi connectivity index (χ0n) is 14.6. The zero-order valence-corrected chi connectivity index (χ0v) is 16.3. The molecule has 2 heterocycles. The molecule has 0 N–H and O–H groups in total. The van der Waals surface area contributed by atoms with Gasteiger partial charge >= 0.3 is 0 Å². The Labute approximate surface area is 154 Å². The lowest BCUT2D eigenvalue weighted by atomic mass is 10.0. The van der Waals surface area contributed by atoms with Crippen LogP contribution < -0.4 is 0 Å². The summed E-state index contributed by atoms with van der Waals surface area (Å²) in [5, 5.41) is 0. The number of pyridine rings is 1. The molecule has 1 aliphatic rings. The molecule has 0 bridgehead atoms. The van der Waals surface area contributed by atoms with E-state index < -0.39 is 10.0 Å². The van der Waals surface area contributed by atoms with Crippen molar-refractivity contribution in [2.75, 3.05) is 11.5 Å². The maximum atomic E-state index is 13.3. The van der Waals surface area contributed by atoms with Gasteiger partial charge < -0.3 is 0 Å². The van der Waals surface area contributed by atoms with Gasteiger partial charge in [-0.05, 0) is 47.9 Å². The molecule has 0 amide bonds. The van der Waals surface area contributed by atoms with Gasteiger partial charge in [0, 0.05) is 18.0 Å². The molecule has 1 aromatic carbocycles. The molecule has 0 radical (unpaired) electrons. The first-order valence-electron chi connectivity index (χ1n) is 8.58. The van der Waals surface area contributed by atoms with Crippen LogP contribution in [0.25, 0.3) is 0 Å². The van der Waals surface area contributed by atoms with Gasteiger partial charge in [-0.3, -0.25) is 4.98 Å². The van der Waals surface area contributed by atoms with Crippen LogP contribution in [0.2, 0.25) is 0 Å². The van der Waals surface area contributed by atoms with E-state index in [9.17, 15) is 8.42 Å². The third kappa shape index (κ3) is 4.25. The Hall–Kier alpha value is -1.37. The summed E-state index contributed by atoms with van der Waals surface area (Å²) in [6.45, 7) is 4.53. The molecule has 4 nitrogen and oxygen atoms in total. The quantitative estimate of drug-likeness (QED) is 0.767. The van der Waals surface area contributed by atoms with Crippen LogP contribution in [-0.2, 0) is 16.6 Å². The lowest BCUT2D eigenvalue weighted by Crippen LogP contribution is -2.40. The zero-order chi connectivity index (χ0) is 17.9. The predicted octanol–water partition coefficient (Wildman–Crippen LogP) is 3.90. The molecule has 25 heavy (non-hydrogen) atoms. The molecule has 1 aliphatic heterocycles. The topological polar surface area (TPSA) is 50.3 Å². The van der Waals surface area contributed by atoms with Gasteiger partial charge in [0.25, 0.3) is 0 Å². The Morgan fingerprint density at radius 1 is 1.20 bits per heavy atom. The number of hydrogen-bond acceptors (Lipinski definition) is 4. The van der Waals surface area contributed by atoms with Crippen LogP contribution in [0.5, 0.6) is 0 Å². The summed E-state index contributed by atoms with van der Waals surface area (Å²) in [6.07, 6.45) is 2.60. The molecule has 0 spiro atoms. The molecular weight excluding hydrogens is 352 g/mol. The fourth-order valence-electron chi connectivity index (χ4n) is 2.97. The molecule has 0 saturated carbocycles. The van der Waals surface area contributed by atoms with Crippen molar-refractivity contribution in [2.24, 2.45) is 0 Å². The highest BCUT2D eigenvalue weighted by Crippen LogP contribution is 2.29. The molecule has 1 aromatic heterocycles. The van der Waals surface area contributed by atoms with Gasteiger partial charge in [0.1, 0.15) is 0 Å². The SMILES string of the molecule is CC(C)c1ccc(S(=O)(=O)N(Cc2ccccn2)[C@@H]2CCSC2)cc1. The molecule has 3 rings (SSSR count). The summed E-state index contributed by atoms with van der Waals surface area (Å²) < 4.78 is 28.2. The van der Waals surface area contributed by atoms with Crippen molar-refractivity contribution in [1.82, 2.24) is 9.29 Å².